The molecule has 1 heterocycles. The van der Waals surface area contributed by atoms with E-state index in [2.05, 4.69) is 6.92 Å². The van der Waals surface area contributed by atoms with Crippen LogP contribution in [-0.4, -0.2) is 19.3 Å². The maximum Gasteiger partial charge on any atom is 0.0617 e. The van der Waals surface area contributed by atoms with Crippen LogP contribution < -0.4 is 5.73 Å². The first-order valence-corrected chi connectivity index (χ1v) is 3.12. The van der Waals surface area contributed by atoms with Crippen LogP contribution in [0.25, 0.3) is 0 Å². The number of ether oxygens (including phenoxy) is 1. The van der Waals surface area contributed by atoms with Gasteiger partial charge in [-0.25, -0.2) is 0 Å². The molecule has 0 aliphatic carbocycles. The molecule has 0 unspecified atom stereocenters. The predicted octanol–water partition coefficient (Wildman–Crippen LogP) is 0.370. The van der Waals surface area contributed by atoms with Gasteiger partial charge in [0.2, 0.25) is 0 Å². The minimum absolute atomic E-state index is 0.291. The van der Waals surface area contributed by atoms with Crippen LogP contribution in [0.4, 0.5) is 0 Å². The minimum Gasteiger partial charge on any atom is -0.380 e. The van der Waals surface area contributed by atoms with Gasteiger partial charge in [-0.1, -0.05) is 6.92 Å². The Morgan fingerprint density at radius 3 is 2.62 bits per heavy atom. The Morgan fingerprint density at radius 2 is 2.25 bits per heavy atom. The van der Waals surface area contributed by atoms with Crippen molar-refractivity contribution in [2.45, 2.75) is 19.4 Å². The van der Waals surface area contributed by atoms with Crippen LogP contribution in [0.3, 0.4) is 0 Å². The SMILES string of the molecule is C[C@H]1COC[C@@H](N)C1. The summed E-state index contributed by atoms with van der Waals surface area (Å²) >= 11 is 0. The Kier molecular flexibility index (Phi) is 1.86. The van der Waals surface area contributed by atoms with Crippen LogP contribution in [0.2, 0.25) is 0 Å². The highest BCUT2D eigenvalue weighted by atomic mass is 16.5. The van der Waals surface area contributed by atoms with Gasteiger partial charge in [0.15, 0.2) is 0 Å². The number of hydrogen-bond acceptors (Lipinski definition) is 2. The van der Waals surface area contributed by atoms with Gasteiger partial charge >= 0.3 is 0 Å². The molecule has 0 radical (unpaired) electrons. The van der Waals surface area contributed by atoms with Crippen LogP contribution in [0, 0.1) is 5.92 Å². The van der Waals surface area contributed by atoms with E-state index in [-0.39, 0.29) is 0 Å². The summed E-state index contributed by atoms with van der Waals surface area (Å²) in [6.45, 7) is 3.82. The quantitative estimate of drug-likeness (QED) is 0.495. The van der Waals surface area contributed by atoms with Crippen molar-refractivity contribution >= 4 is 0 Å². The maximum absolute atomic E-state index is 5.60. The van der Waals surface area contributed by atoms with Crippen molar-refractivity contribution in [1.29, 1.82) is 0 Å². The van der Waals surface area contributed by atoms with Crippen LogP contribution in [0.5, 0.6) is 0 Å². The molecule has 1 aliphatic rings. The first kappa shape index (κ1) is 6.05. The molecule has 2 heteroatoms. The Balaban J connectivity index is 2.23. The fourth-order valence-corrected chi connectivity index (χ4v) is 1.07. The molecule has 2 nitrogen and oxygen atoms in total. The van der Waals surface area contributed by atoms with Crippen molar-refractivity contribution in [1.82, 2.24) is 0 Å². The van der Waals surface area contributed by atoms with E-state index in [1.54, 1.807) is 0 Å². The highest BCUT2D eigenvalue weighted by Gasteiger charge is 2.14. The third-order valence-electron chi connectivity index (χ3n) is 1.44. The zero-order chi connectivity index (χ0) is 5.98. The standard InChI is InChI=1S/C6H13NO/c1-5-2-6(7)4-8-3-5/h5-6H,2-4,7H2,1H3/t5-,6+/m1/s1. The lowest BCUT2D eigenvalue weighted by Gasteiger charge is -2.23. The Bertz CT molecular complexity index is 66.9. The maximum atomic E-state index is 5.60. The van der Waals surface area contributed by atoms with Gasteiger partial charge in [0.05, 0.1) is 6.61 Å². The predicted molar refractivity (Wildman–Crippen MR) is 32.6 cm³/mol. The fraction of sp³-hybridized carbons (Fsp3) is 1.00. The fourth-order valence-electron chi connectivity index (χ4n) is 1.07. The molecular formula is C6H13NO. The zero-order valence-corrected chi connectivity index (χ0v) is 5.26. The molecule has 0 spiro atoms. The van der Waals surface area contributed by atoms with E-state index in [1.165, 1.54) is 0 Å². The molecule has 1 fully saturated rings. The molecule has 2 atom stereocenters. The summed E-state index contributed by atoms with van der Waals surface area (Å²) < 4.78 is 5.17. The van der Waals surface area contributed by atoms with Crippen LogP contribution in [-0.2, 0) is 4.74 Å². The van der Waals surface area contributed by atoms with Gasteiger partial charge in [0, 0.05) is 12.6 Å². The first-order valence-electron chi connectivity index (χ1n) is 3.12. The summed E-state index contributed by atoms with van der Waals surface area (Å²) in [7, 11) is 0. The van der Waals surface area contributed by atoms with Crippen molar-refractivity contribution in [3.63, 3.8) is 0 Å². The highest BCUT2D eigenvalue weighted by Crippen LogP contribution is 2.10. The summed E-state index contributed by atoms with van der Waals surface area (Å²) in [5.41, 5.74) is 5.60. The molecule has 0 bridgehead atoms. The lowest BCUT2D eigenvalue weighted by atomic mass is 10.0. The van der Waals surface area contributed by atoms with Gasteiger partial charge in [-0.3, -0.25) is 0 Å². The van der Waals surface area contributed by atoms with Crippen LogP contribution in [0.15, 0.2) is 0 Å². The van der Waals surface area contributed by atoms with E-state index >= 15 is 0 Å². The average molecular weight is 115 g/mol. The molecule has 0 amide bonds. The average Bonchev–Trinajstić information content (AvgIpc) is 1.64. The molecule has 2 N–H and O–H groups in total. The van der Waals surface area contributed by atoms with Crippen LogP contribution in [0.1, 0.15) is 13.3 Å². The molecule has 0 aromatic carbocycles. The largest absolute Gasteiger partial charge is 0.380 e. The van der Waals surface area contributed by atoms with Gasteiger partial charge < -0.3 is 10.5 Å². The minimum atomic E-state index is 0.291. The third-order valence-corrected chi connectivity index (χ3v) is 1.44. The smallest absolute Gasteiger partial charge is 0.0617 e. The Morgan fingerprint density at radius 1 is 1.50 bits per heavy atom. The van der Waals surface area contributed by atoms with E-state index in [9.17, 15) is 0 Å². The highest BCUT2D eigenvalue weighted by molar-refractivity contribution is 4.68. The lowest BCUT2D eigenvalue weighted by molar-refractivity contribution is 0.0476. The van der Waals surface area contributed by atoms with Gasteiger partial charge in [-0.15, -0.1) is 0 Å². The van der Waals surface area contributed by atoms with Gasteiger partial charge in [0.25, 0.3) is 0 Å². The molecule has 1 rings (SSSR count). The Labute approximate surface area is 50.0 Å². The summed E-state index contributed by atoms with van der Waals surface area (Å²) in [5.74, 6) is 0.666. The molecule has 48 valence electrons. The second kappa shape index (κ2) is 2.46. The first-order chi connectivity index (χ1) is 3.79. The van der Waals surface area contributed by atoms with E-state index < -0.39 is 0 Å². The summed E-state index contributed by atoms with van der Waals surface area (Å²) in [4.78, 5) is 0. The number of rotatable bonds is 0. The van der Waals surface area contributed by atoms with E-state index in [4.69, 9.17) is 10.5 Å². The van der Waals surface area contributed by atoms with Crippen molar-refractivity contribution in [2.24, 2.45) is 11.7 Å². The summed E-state index contributed by atoms with van der Waals surface area (Å²) in [6, 6.07) is 0.291. The van der Waals surface area contributed by atoms with E-state index in [0.717, 1.165) is 19.6 Å². The topological polar surface area (TPSA) is 35.2 Å². The van der Waals surface area contributed by atoms with Crippen molar-refractivity contribution in [3.8, 4) is 0 Å². The number of hydrogen-bond donors (Lipinski definition) is 1. The second-order valence-electron chi connectivity index (χ2n) is 2.64. The summed E-state index contributed by atoms with van der Waals surface area (Å²) in [5, 5.41) is 0. The normalized spacial score (nSPS) is 39.8. The molecular weight excluding hydrogens is 102 g/mol. The molecule has 1 saturated heterocycles. The monoisotopic (exact) mass is 115 g/mol. The van der Waals surface area contributed by atoms with Gasteiger partial charge in [-0.05, 0) is 12.3 Å². The lowest BCUT2D eigenvalue weighted by Crippen LogP contribution is -2.34. The third kappa shape index (κ3) is 1.46. The molecule has 8 heavy (non-hydrogen) atoms. The van der Waals surface area contributed by atoms with Crippen molar-refractivity contribution in [3.05, 3.63) is 0 Å². The van der Waals surface area contributed by atoms with Crippen molar-refractivity contribution in [2.75, 3.05) is 13.2 Å². The van der Waals surface area contributed by atoms with E-state index in [1.807, 2.05) is 0 Å². The molecule has 1 aliphatic heterocycles. The van der Waals surface area contributed by atoms with Gasteiger partial charge in [0.1, 0.15) is 0 Å². The van der Waals surface area contributed by atoms with E-state index in [0.29, 0.717) is 12.0 Å². The second-order valence-corrected chi connectivity index (χ2v) is 2.64. The van der Waals surface area contributed by atoms with Gasteiger partial charge in [-0.2, -0.15) is 0 Å². The zero-order valence-electron chi connectivity index (χ0n) is 5.26. The summed E-state index contributed by atoms with van der Waals surface area (Å²) in [6.07, 6.45) is 1.12. The van der Waals surface area contributed by atoms with Crippen LogP contribution >= 0.6 is 0 Å². The Hall–Kier alpha value is -0.0800. The molecule has 0 aromatic heterocycles. The molecule has 0 aromatic rings. The molecule has 0 saturated carbocycles. The van der Waals surface area contributed by atoms with Crippen molar-refractivity contribution < 1.29 is 4.74 Å². The number of nitrogens with two attached hydrogens (primary N) is 1.